The molecule has 0 atom stereocenters. The van der Waals surface area contributed by atoms with E-state index in [0.29, 0.717) is 6.61 Å². The highest BCUT2D eigenvalue weighted by molar-refractivity contribution is 6.74. The zero-order valence-electron chi connectivity index (χ0n) is 23.6. The van der Waals surface area contributed by atoms with Gasteiger partial charge in [-0.1, -0.05) is 80.4 Å². The Kier molecular flexibility index (Phi) is 10.0. The minimum absolute atomic E-state index is 0.0843. The van der Waals surface area contributed by atoms with E-state index in [1.54, 1.807) is 18.2 Å². The van der Waals surface area contributed by atoms with Crippen molar-refractivity contribution in [1.29, 1.82) is 0 Å². The van der Waals surface area contributed by atoms with Gasteiger partial charge < -0.3 is 4.43 Å². The van der Waals surface area contributed by atoms with E-state index in [4.69, 9.17) is 9.41 Å². The molecule has 3 nitrogen and oxygen atoms in total. The Hall–Kier alpha value is -1.85. The minimum atomic E-state index is -2.02. The first-order valence-electron chi connectivity index (χ1n) is 13.2. The Morgan fingerprint density at radius 2 is 1.63 bits per heavy atom. The van der Waals surface area contributed by atoms with Crippen LogP contribution in [0.2, 0.25) is 18.1 Å². The Morgan fingerprint density at radius 3 is 2.14 bits per heavy atom. The second-order valence-corrected chi connectivity index (χ2v) is 16.7. The zero-order chi connectivity index (χ0) is 26.6. The van der Waals surface area contributed by atoms with E-state index in [1.165, 1.54) is 5.56 Å². The van der Waals surface area contributed by atoms with Crippen LogP contribution >= 0.6 is 0 Å². The number of hydrogen-bond acceptors (Lipinski definition) is 3. The fraction of sp³-hybridized carbons (Fsp3) is 0.600. The van der Waals surface area contributed by atoms with E-state index in [1.807, 2.05) is 6.07 Å². The van der Waals surface area contributed by atoms with E-state index in [0.717, 1.165) is 53.8 Å². The third-order valence-corrected chi connectivity index (χ3v) is 11.8. The maximum Gasteiger partial charge on any atom is 0.332 e. The lowest BCUT2D eigenvalue weighted by Gasteiger charge is -2.37. The molecule has 5 heteroatoms. The summed E-state index contributed by atoms with van der Waals surface area (Å²) in [6.07, 6.45) is 4.25. The lowest BCUT2D eigenvalue weighted by Crippen LogP contribution is -2.40. The van der Waals surface area contributed by atoms with Crippen molar-refractivity contribution in [2.75, 3.05) is 0 Å². The highest BCUT2D eigenvalue weighted by Crippen LogP contribution is 2.41. The average Bonchev–Trinajstić information content (AvgIpc) is 2.76. The summed E-state index contributed by atoms with van der Waals surface area (Å²) in [6, 6.07) is 5.62. The van der Waals surface area contributed by atoms with Crippen molar-refractivity contribution < 1.29 is 13.6 Å². The highest BCUT2D eigenvalue weighted by Gasteiger charge is 2.38. The summed E-state index contributed by atoms with van der Waals surface area (Å²) < 4.78 is 20.5. The molecule has 1 heterocycles. The molecule has 1 aromatic carbocycles. The largest absolute Gasteiger partial charge is 0.412 e. The molecule has 0 saturated heterocycles. The fourth-order valence-electron chi connectivity index (χ4n) is 4.22. The number of unbranched alkanes of at least 4 members (excludes halogenated alkanes) is 2. The Balaban J connectivity index is 2.88. The number of benzene rings is 1. The summed E-state index contributed by atoms with van der Waals surface area (Å²) in [5.41, 5.74) is 6.50. The second-order valence-electron chi connectivity index (χ2n) is 11.9. The zero-order valence-corrected chi connectivity index (χ0v) is 24.6. The molecule has 0 aliphatic carbocycles. The van der Waals surface area contributed by atoms with Crippen molar-refractivity contribution >= 4 is 14.4 Å². The summed E-state index contributed by atoms with van der Waals surface area (Å²) in [4.78, 5) is 16.9. The monoisotopic (exact) mass is 499 g/mol. The maximum atomic E-state index is 13.8. The number of pyridine rings is 1. The molecule has 2 rings (SSSR count). The van der Waals surface area contributed by atoms with Crippen LogP contribution < -0.4 is 0 Å². The highest BCUT2D eigenvalue weighted by atomic mass is 28.4. The number of halogens is 1. The standard InChI is InChI=1S/C30H46FNO2Si/c1-11-12-13-17-24-26(22-15-14-16-23(18-22)29(31)33)25(19-34-35(9,10)30(6,7)8)28(21(4)5)32-27(24)20(2)3/h14-16,18,20-21H,11-13,17,19H2,1-10H3. The maximum absolute atomic E-state index is 13.8. The van der Waals surface area contributed by atoms with Crippen molar-refractivity contribution in [1.82, 2.24) is 4.98 Å². The van der Waals surface area contributed by atoms with Crippen LogP contribution in [0, 0.1) is 0 Å². The van der Waals surface area contributed by atoms with Gasteiger partial charge in [-0.2, -0.15) is 4.39 Å². The SMILES string of the molecule is CCCCCc1c(C(C)C)nc(C(C)C)c(CO[Si](C)(C)C(C)(C)C)c1-c1cccc(C(=O)F)c1. The van der Waals surface area contributed by atoms with Crippen molar-refractivity contribution in [3.63, 3.8) is 0 Å². The van der Waals surface area contributed by atoms with Gasteiger partial charge >= 0.3 is 6.04 Å². The van der Waals surface area contributed by atoms with Gasteiger partial charge in [-0.3, -0.25) is 9.78 Å². The Morgan fingerprint density at radius 1 is 1.03 bits per heavy atom. The number of carbonyl (C=O) groups is 1. The molecule has 0 spiro atoms. The first kappa shape index (κ1) is 29.4. The van der Waals surface area contributed by atoms with Gasteiger partial charge in [0.05, 0.1) is 12.2 Å². The molecule has 0 unspecified atom stereocenters. The van der Waals surface area contributed by atoms with Gasteiger partial charge in [-0.15, -0.1) is 0 Å². The van der Waals surface area contributed by atoms with E-state index in [-0.39, 0.29) is 22.4 Å². The summed E-state index contributed by atoms with van der Waals surface area (Å²) in [5.74, 6) is 0.462. The van der Waals surface area contributed by atoms with Gasteiger partial charge in [-0.25, -0.2) is 0 Å². The molecule has 0 radical (unpaired) electrons. The number of rotatable bonds is 11. The smallest absolute Gasteiger partial charge is 0.332 e. The predicted molar refractivity (Wildman–Crippen MR) is 149 cm³/mol. The molecule has 0 fully saturated rings. The van der Waals surface area contributed by atoms with Gasteiger partial charge in [-0.05, 0) is 71.6 Å². The first-order chi connectivity index (χ1) is 16.2. The lowest BCUT2D eigenvalue weighted by atomic mass is 9.85. The average molecular weight is 500 g/mol. The van der Waals surface area contributed by atoms with Gasteiger partial charge in [0, 0.05) is 17.0 Å². The predicted octanol–water partition coefficient (Wildman–Crippen LogP) is 9.36. The van der Waals surface area contributed by atoms with Crippen LogP contribution in [0.25, 0.3) is 11.1 Å². The van der Waals surface area contributed by atoms with Crippen LogP contribution in [0.15, 0.2) is 24.3 Å². The van der Waals surface area contributed by atoms with Crippen LogP contribution in [0.1, 0.15) is 119 Å². The van der Waals surface area contributed by atoms with Crippen LogP contribution in [-0.2, 0) is 17.5 Å². The molecule has 0 bridgehead atoms. The number of aromatic nitrogens is 1. The van der Waals surface area contributed by atoms with Gasteiger partial charge in [0.1, 0.15) is 0 Å². The van der Waals surface area contributed by atoms with Gasteiger partial charge in [0.2, 0.25) is 0 Å². The van der Waals surface area contributed by atoms with Crippen LogP contribution in [-0.4, -0.2) is 19.3 Å². The first-order valence-corrected chi connectivity index (χ1v) is 16.1. The molecule has 1 aromatic heterocycles. The van der Waals surface area contributed by atoms with Crippen molar-refractivity contribution in [2.45, 2.75) is 118 Å². The molecule has 35 heavy (non-hydrogen) atoms. The van der Waals surface area contributed by atoms with Gasteiger partial charge in [0.15, 0.2) is 8.32 Å². The van der Waals surface area contributed by atoms with Gasteiger partial charge in [0.25, 0.3) is 0 Å². The quantitative estimate of drug-likeness (QED) is 0.176. The number of carbonyl (C=O) groups excluding carboxylic acids is 1. The molecular weight excluding hydrogens is 453 g/mol. The van der Waals surface area contributed by atoms with Crippen molar-refractivity contribution in [2.24, 2.45) is 0 Å². The Labute approximate surface area is 214 Å². The van der Waals surface area contributed by atoms with E-state index in [2.05, 4.69) is 68.5 Å². The molecule has 0 amide bonds. The molecule has 194 valence electrons. The summed E-state index contributed by atoms with van der Waals surface area (Å²) in [7, 11) is -2.02. The van der Waals surface area contributed by atoms with Crippen molar-refractivity contribution in [3.8, 4) is 11.1 Å². The molecular formula is C30H46FNO2Si. The normalized spacial score (nSPS) is 12.6. The number of hydrogen-bond donors (Lipinski definition) is 0. The fourth-order valence-corrected chi connectivity index (χ4v) is 5.16. The number of nitrogens with zero attached hydrogens (tertiary/aromatic N) is 1. The summed E-state index contributed by atoms with van der Waals surface area (Å²) in [6.45, 7) is 22.7. The minimum Gasteiger partial charge on any atom is -0.412 e. The van der Waals surface area contributed by atoms with Crippen molar-refractivity contribution in [3.05, 3.63) is 52.3 Å². The van der Waals surface area contributed by atoms with E-state index >= 15 is 0 Å². The second kappa shape index (κ2) is 11.9. The molecule has 2 aromatic rings. The Bertz CT molecular complexity index is 1020. The molecule has 0 aliphatic heterocycles. The topological polar surface area (TPSA) is 39.2 Å². The third kappa shape index (κ3) is 7.10. The molecule has 0 saturated carbocycles. The van der Waals surface area contributed by atoms with Crippen LogP contribution in [0.4, 0.5) is 4.39 Å². The van der Waals surface area contributed by atoms with E-state index < -0.39 is 14.4 Å². The summed E-state index contributed by atoms with van der Waals surface area (Å²) in [5, 5.41) is 0.0843. The summed E-state index contributed by atoms with van der Waals surface area (Å²) >= 11 is 0. The third-order valence-electron chi connectivity index (χ3n) is 7.35. The molecule has 0 aliphatic rings. The molecule has 0 N–H and O–H groups in total. The van der Waals surface area contributed by atoms with Crippen LogP contribution in [0.5, 0.6) is 0 Å². The lowest BCUT2D eigenvalue weighted by molar-refractivity contribution is 0.0836. The van der Waals surface area contributed by atoms with E-state index in [9.17, 15) is 9.18 Å². The van der Waals surface area contributed by atoms with Crippen LogP contribution in [0.3, 0.4) is 0 Å².